The fourth-order valence-electron chi connectivity index (χ4n) is 4.84. The molecule has 1 aromatic heterocycles. The summed E-state index contributed by atoms with van der Waals surface area (Å²) in [5, 5.41) is 31.1. The first-order valence-electron chi connectivity index (χ1n) is 10.4. The highest BCUT2D eigenvalue weighted by Crippen LogP contribution is 2.66. The maximum atomic E-state index is 11.9. The van der Waals surface area contributed by atoms with Crippen molar-refractivity contribution >= 4 is 17.7 Å². The van der Waals surface area contributed by atoms with Gasteiger partial charge in [-0.1, -0.05) is 54.1 Å². The molecule has 33 heavy (non-hydrogen) atoms. The normalized spacial score (nSPS) is 24.4. The molecule has 3 atom stereocenters. The molecule has 8 heteroatoms. The van der Waals surface area contributed by atoms with E-state index >= 15 is 0 Å². The number of benzene rings is 2. The monoisotopic (exact) mass is 463 g/mol. The van der Waals surface area contributed by atoms with Crippen LogP contribution >= 0.6 is 11.6 Å². The summed E-state index contributed by atoms with van der Waals surface area (Å²) in [6, 6.07) is 21.2. The minimum atomic E-state index is -1.28. The van der Waals surface area contributed by atoms with Gasteiger partial charge < -0.3 is 20.3 Å². The van der Waals surface area contributed by atoms with E-state index in [9.17, 15) is 15.2 Å². The lowest BCUT2D eigenvalue weighted by Crippen LogP contribution is -2.48. The molecule has 0 bridgehead atoms. The summed E-state index contributed by atoms with van der Waals surface area (Å²) in [7, 11) is 1.35. The molecule has 1 saturated carbocycles. The Kier molecular flexibility index (Phi) is 5.98. The number of pyridine rings is 1. The Labute approximate surface area is 196 Å². The van der Waals surface area contributed by atoms with Gasteiger partial charge in [0.05, 0.1) is 16.7 Å². The van der Waals surface area contributed by atoms with Crippen LogP contribution in [-0.4, -0.2) is 28.3 Å². The zero-order chi connectivity index (χ0) is 23.6. The first-order chi connectivity index (χ1) is 15.9. The summed E-state index contributed by atoms with van der Waals surface area (Å²) in [6.45, 7) is 0. The maximum Gasteiger partial charge on any atom is 0.404 e. The van der Waals surface area contributed by atoms with Gasteiger partial charge in [0.15, 0.2) is 11.2 Å². The quantitative estimate of drug-likeness (QED) is 0.513. The van der Waals surface area contributed by atoms with Gasteiger partial charge in [0.25, 0.3) is 0 Å². The number of fused-ring (bicyclic) bond motifs is 3. The standard InChI is InChI=1S/C23H17ClN2O2.C2H5NO2/c24-18-12-20-21(26-14-18)22(27)11-10-19(16-4-2-1-3-5-16)23(22,28-20)17-8-6-15(13-25)7-9-17;1-3-2(4)5/h1-9,12,14,19,27H,10-11H2;3H,1H3,(H,4,5). The fraction of sp³-hybridized carbons (Fsp3) is 0.240. The number of amides is 1. The van der Waals surface area contributed by atoms with Crippen molar-refractivity contribution in [1.82, 2.24) is 10.3 Å². The highest BCUT2D eigenvalue weighted by atomic mass is 35.5. The van der Waals surface area contributed by atoms with Crippen molar-refractivity contribution < 1.29 is 19.7 Å². The van der Waals surface area contributed by atoms with Gasteiger partial charge >= 0.3 is 6.09 Å². The van der Waals surface area contributed by atoms with Crippen LogP contribution in [0.15, 0.2) is 66.9 Å². The molecule has 7 nitrogen and oxygen atoms in total. The number of nitrogens with one attached hydrogen (secondary N) is 1. The van der Waals surface area contributed by atoms with Crippen molar-refractivity contribution in [3.05, 3.63) is 94.3 Å². The molecule has 1 fully saturated rings. The Balaban J connectivity index is 0.000000471. The van der Waals surface area contributed by atoms with Gasteiger partial charge in [0.2, 0.25) is 0 Å². The molecule has 0 spiro atoms. The zero-order valence-electron chi connectivity index (χ0n) is 17.8. The molecular weight excluding hydrogens is 442 g/mol. The average Bonchev–Trinajstić information content (AvgIpc) is 3.26. The van der Waals surface area contributed by atoms with Crippen LogP contribution < -0.4 is 10.1 Å². The number of ether oxygens (including phenoxy) is 1. The second kappa shape index (κ2) is 8.74. The van der Waals surface area contributed by atoms with Gasteiger partial charge in [-0.15, -0.1) is 0 Å². The minimum absolute atomic E-state index is 0.0698. The molecule has 0 saturated heterocycles. The van der Waals surface area contributed by atoms with E-state index in [2.05, 4.69) is 23.2 Å². The van der Waals surface area contributed by atoms with E-state index in [-0.39, 0.29) is 5.92 Å². The molecular formula is C25H22ClN3O4. The van der Waals surface area contributed by atoms with E-state index in [0.29, 0.717) is 28.5 Å². The van der Waals surface area contributed by atoms with Crippen LogP contribution in [0.4, 0.5) is 4.79 Å². The number of nitriles is 1. The molecule has 2 aliphatic rings. The lowest BCUT2D eigenvalue weighted by Gasteiger charge is -2.39. The third-order valence-electron chi connectivity index (χ3n) is 6.24. The third kappa shape index (κ3) is 3.67. The lowest BCUT2D eigenvalue weighted by atomic mass is 9.72. The van der Waals surface area contributed by atoms with Crippen molar-refractivity contribution in [3.8, 4) is 11.8 Å². The number of carboxylic acid groups (broad SMARTS) is 1. The van der Waals surface area contributed by atoms with Crippen LogP contribution in [0.1, 0.15) is 41.1 Å². The first kappa shape index (κ1) is 22.6. The Morgan fingerprint density at radius 1 is 1.24 bits per heavy atom. The summed E-state index contributed by atoms with van der Waals surface area (Å²) in [5.74, 6) is 0.444. The number of hydrogen-bond acceptors (Lipinski definition) is 5. The van der Waals surface area contributed by atoms with Crippen LogP contribution in [-0.2, 0) is 11.2 Å². The number of nitrogens with zero attached hydrogens (tertiary/aromatic N) is 2. The van der Waals surface area contributed by atoms with Crippen LogP contribution in [0, 0.1) is 11.3 Å². The van der Waals surface area contributed by atoms with E-state index < -0.39 is 17.3 Å². The van der Waals surface area contributed by atoms with Crippen molar-refractivity contribution in [2.45, 2.75) is 30.0 Å². The van der Waals surface area contributed by atoms with E-state index in [0.717, 1.165) is 17.5 Å². The Bertz CT molecular complexity index is 1210. The lowest BCUT2D eigenvalue weighted by molar-refractivity contribution is -0.107. The van der Waals surface area contributed by atoms with Gasteiger partial charge in [-0.05, 0) is 36.1 Å². The zero-order valence-corrected chi connectivity index (χ0v) is 18.6. The summed E-state index contributed by atoms with van der Waals surface area (Å²) < 4.78 is 6.55. The van der Waals surface area contributed by atoms with Crippen LogP contribution in [0.3, 0.4) is 0 Å². The SMILES string of the molecule is CNC(=O)O.N#Cc1ccc(C23Oc4cc(Cl)cnc4C2(O)CCC3c2ccccc2)cc1. The highest BCUT2D eigenvalue weighted by Gasteiger charge is 2.69. The topological polar surface area (TPSA) is 115 Å². The Hall–Kier alpha value is -3.60. The highest BCUT2D eigenvalue weighted by molar-refractivity contribution is 6.30. The molecule has 3 unspecified atom stereocenters. The molecule has 3 aromatic rings. The molecule has 3 N–H and O–H groups in total. The molecule has 2 heterocycles. The van der Waals surface area contributed by atoms with Gasteiger partial charge in [-0.2, -0.15) is 5.26 Å². The fourth-order valence-corrected chi connectivity index (χ4v) is 4.99. The van der Waals surface area contributed by atoms with E-state index in [4.69, 9.17) is 21.4 Å². The smallest absolute Gasteiger partial charge is 0.404 e. The largest absolute Gasteiger partial charge is 0.476 e. The molecule has 168 valence electrons. The van der Waals surface area contributed by atoms with Crippen molar-refractivity contribution in [2.75, 3.05) is 7.05 Å². The Morgan fingerprint density at radius 2 is 1.91 bits per heavy atom. The minimum Gasteiger partial charge on any atom is -0.476 e. The van der Waals surface area contributed by atoms with Crippen LogP contribution in [0.2, 0.25) is 5.02 Å². The predicted octanol–water partition coefficient (Wildman–Crippen LogP) is 4.54. The van der Waals surface area contributed by atoms with Crippen molar-refractivity contribution in [1.29, 1.82) is 5.26 Å². The molecule has 1 aliphatic heterocycles. The number of aromatic nitrogens is 1. The summed E-state index contributed by atoms with van der Waals surface area (Å²) in [5.41, 5.74) is 0.717. The third-order valence-corrected chi connectivity index (χ3v) is 6.45. The molecule has 1 aliphatic carbocycles. The van der Waals surface area contributed by atoms with Gasteiger partial charge in [-0.25, -0.2) is 4.79 Å². The molecule has 5 rings (SSSR count). The summed E-state index contributed by atoms with van der Waals surface area (Å²) >= 11 is 6.15. The molecule has 0 radical (unpaired) electrons. The van der Waals surface area contributed by atoms with Crippen LogP contribution in [0.25, 0.3) is 0 Å². The van der Waals surface area contributed by atoms with E-state index in [1.165, 1.54) is 7.05 Å². The van der Waals surface area contributed by atoms with Gasteiger partial charge in [0, 0.05) is 25.2 Å². The number of hydrogen-bond donors (Lipinski definition) is 3. The number of aliphatic hydroxyl groups is 1. The second-order valence-corrected chi connectivity index (χ2v) is 8.38. The van der Waals surface area contributed by atoms with Gasteiger partial charge in [-0.3, -0.25) is 4.98 Å². The number of halogens is 1. The first-order valence-corrected chi connectivity index (χ1v) is 10.8. The number of carbonyl (C=O) groups is 1. The van der Waals surface area contributed by atoms with Crippen molar-refractivity contribution in [2.24, 2.45) is 0 Å². The predicted molar refractivity (Wildman–Crippen MR) is 122 cm³/mol. The van der Waals surface area contributed by atoms with Crippen LogP contribution in [0.5, 0.6) is 5.75 Å². The number of rotatable bonds is 2. The van der Waals surface area contributed by atoms with Crippen molar-refractivity contribution in [3.63, 3.8) is 0 Å². The molecule has 2 aromatic carbocycles. The summed E-state index contributed by atoms with van der Waals surface area (Å²) in [6.07, 6.45) is 1.83. The maximum absolute atomic E-state index is 11.9. The van der Waals surface area contributed by atoms with E-state index in [1.807, 2.05) is 35.6 Å². The molecule has 1 amide bonds. The average molecular weight is 464 g/mol. The second-order valence-electron chi connectivity index (χ2n) is 7.94. The Morgan fingerprint density at radius 3 is 2.52 bits per heavy atom. The van der Waals surface area contributed by atoms with E-state index in [1.54, 1.807) is 24.4 Å². The summed E-state index contributed by atoms with van der Waals surface area (Å²) in [4.78, 5) is 13.7. The van der Waals surface area contributed by atoms with Gasteiger partial charge in [0.1, 0.15) is 11.4 Å².